The monoisotopic (exact) mass is 269 g/mol. The molecular formula is C12H16ClN3S. The van der Waals surface area contributed by atoms with Crippen molar-refractivity contribution in [1.29, 1.82) is 0 Å². The number of pyridine rings is 1. The van der Waals surface area contributed by atoms with Crippen LogP contribution in [0.3, 0.4) is 0 Å². The van der Waals surface area contributed by atoms with Gasteiger partial charge in [-0.2, -0.15) is 0 Å². The first kappa shape index (κ1) is 11.6. The van der Waals surface area contributed by atoms with Crippen LogP contribution in [0.5, 0.6) is 0 Å². The van der Waals surface area contributed by atoms with Gasteiger partial charge >= 0.3 is 0 Å². The number of thioether (sulfide) groups is 1. The Bertz CT molecular complexity index is 438. The largest absolute Gasteiger partial charge is 0.350 e. The van der Waals surface area contributed by atoms with Gasteiger partial charge in [-0.3, -0.25) is 0 Å². The molecule has 3 nitrogen and oxygen atoms in total. The third kappa shape index (κ3) is 2.14. The van der Waals surface area contributed by atoms with Crippen molar-refractivity contribution >= 4 is 29.2 Å². The highest BCUT2D eigenvalue weighted by Crippen LogP contribution is 2.37. The number of hydrogen-bond donors (Lipinski definition) is 1. The third-order valence-electron chi connectivity index (χ3n) is 3.43. The number of nitrogens with zero attached hydrogens (tertiary/aromatic N) is 2. The lowest BCUT2D eigenvalue weighted by molar-refractivity contribution is 0.465. The van der Waals surface area contributed by atoms with Crippen molar-refractivity contribution in [2.45, 2.75) is 24.3 Å². The molecule has 2 aliphatic heterocycles. The van der Waals surface area contributed by atoms with E-state index in [1.165, 1.54) is 17.1 Å². The molecule has 5 heteroatoms. The quantitative estimate of drug-likeness (QED) is 0.732. The molecule has 0 aromatic carbocycles. The number of piperazine rings is 1. The molecule has 0 unspecified atom stereocenters. The lowest BCUT2D eigenvalue weighted by Crippen LogP contribution is -2.51. The van der Waals surface area contributed by atoms with Crippen molar-refractivity contribution in [3.05, 3.63) is 16.8 Å². The number of anilines is 1. The molecule has 92 valence electrons. The first-order valence-electron chi connectivity index (χ1n) is 6.03. The third-order valence-corrected chi connectivity index (χ3v) is 4.86. The predicted octanol–water partition coefficient (Wildman–Crippen LogP) is 2.32. The molecule has 1 N–H and O–H groups in total. The van der Waals surface area contributed by atoms with E-state index < -0.39 is 0 Å². The molecule has 1 fully saturated rings. The van der Waals surface area contributed by atoms with E-state index >= 15 is 0 Å². The van der Waals surface area contributed by atoms with Crippen LogP contribution in [0.15, 0.2) is 11.0 Å². The zero-order chi connectivity index (χ0) is 11.8. The van der Waals surface area contributed by atoms with Crippen molar-refractivity contribution < 1.29 is 0 Å². The van der Waals surface area contributed by atoms with Crippen molar-refractivity contribution in [2.24, 2.45) is 0 Å². The Hall–Kier alpha value is -0.450. The van der Waals surface area contributed by atoms with Crippen LogP contribution < -0.4 is 10.2 Å². The maximum atomic E-state index is 6.17. The minimum absolute atomic E-state index is 0.573. The standard InChI is InChI=1S/C12H16ClN3S/c1-8-6-10-12(15-11(8)13)16-4-3-14-7-9(16)2-5-17-10/h6,9,14H,2-5,7H2,1H3/t9-/m0/s1. The molecule has 3 rings (SSSR count). The highest BCUT2D eigenvalue weighted by molar-refractivity contribution is 7.99. The van der Waals surface area contributed by atoms with E-state index in [-0.39, 0.29) is 0 Å². The van der Waals surface area contributed by atoms with Crippen molar-refractivity contribution in [2.75, 3.05) is 30.3 Å². The minimum atomic E-state index is 0.573. The van der Waals surface area contributed by atoms with E-state index in [0.717, 1.165) is 31.0 Å². The van der Waals surface area contributed by atoms with Gasteiger partial charge in [0.05, 0.1) is 4.90 Å². The first-order chi connectivity index (χ1) is 8.25. The van der Waals surface area contributed by atoms with E-state index in [2.05, 4.69) is 21.3 Å². The lowest BCUT2D eigenvalue weighted by atomic mass is 10.1. The van der Waals surface area contributed by atoms with Gasteiger partial charge in [0.25, 0.3) is 0 Å². The molecular weight excluding hydrogens is 254 g/mol. The van der Waals surface area contributed by atoms with Crippen LogP contribution in [0.4, 0.5) is 5.82 Å². The maximum absolute atomic E-state index is 6.17. The van der Waals surface area contributed by atoms with Gasteiger partial charge in [0.2, 0.25) is 0 Å². The van der Waals surface area contributed by atoms with E-state index in [1.54, 1.807) is 0 Å². The molecule has 0 amide bonds. The minimum Gasteiger partial charge on any atom is -0.350 e. The molecule has 0 aliphatic carbocycles. The number of halogens is 1. The van der Waals surface area contributed by atoms with Crippen LogP contribution in [0, 0.1) is 6.92 Å². The molecule has 0 radical (unpaired) electrons. The van der Waals surface area contributed by atoms with Gasteiger partial charge in [-0.25, -0.2) is 4.98 Å². The van der Waals surface area contributed by atoms with Crippen LogP contribution >= 0.6 is 23.4 Å². The molecule has 2 aliphatic rings. The van der Waals surface area contributed by atoms with Crippen molar-refractivity contribution in [3.8, 4) is 0 Å². The van der Waals surface area contributed by atoms with Gasteiger partial charge in [0.1, 0.15) is 11.0 Å². The normalized spacial score (nSPS) is 23.9. The average molecular weight is 270 g/mol. The molecule has 1 saturated heterocycles. The number of fused-ring (bicyclic) bond motifs is 3. The SMILES string of the molecule is Cc1cc2c(nc1Cl)N1CCNC[C@@H]1CCS2. The van der Waals surface area contributed by atoms with E-state index in [9.17, 15) is 0 Å². The molecule has 1 aromatic rings. The Kier molecular flexibility index (Phi) is 3.19. The van der Waals surface area contributed by atoms with E-state index in [1.807, 2.05) is 18.7 Å². The summed E-state index contributed by atoms with van der Waals surface area (Å²) in [4.78, 5) is 8.32. The second-order valence-electron chi connectivity index (χ2n) is 4.61. The number of aryl methyl sites for hydroxylation is 1. The summed E-state index contributed by atoms with van der Waals surface area (Å²) in [5.41, 5.74) is 1.08. The molecule has 0 saturated carbocycles. The average Bonchev–Trinajstić information content (AvgIpc) is 2.50. The van der Waals surface area contributed by atoms with Crippen LogP contribution in [0.1, 0.15) is 12.0 Å². The van der Waals surface area contributed by atoms with E-state index in [4.69, 9.17) is 11.6 Å². The van der Waals surface area contributed by atoms with Gasteiger partial charge in [-0.1, -0.05) is 11.6 Å². The van der Waals surface area contributed by atoms with Crippen molar-refractivity contribution in [3.63, 3.8) is 0 Å². The molecule has 1 atom stereocenters. The van der Waals surface area contributed by atoms with E-state index in [0.29, 0.717) is 11.2 Å². The second kappa shape index (κ2) is 4.67. The van der Waals surface area contributed by atoms with Crippen molar-refractivity contribution in [1.82, 2.24) is 10.3 Å². The fourth-order valence-electron chi connectivity index (χ4n) is 2.47. The summed E-state index contributed by atoms with van der Waals surface area (Å²) in [6.07, 6.45) is 1.21. The molecule has 3 heterocycles. The molecule has 17 heavy (non-hydrogen) atoms. The van der Waals surface area contributed by atoms with Crippen LogP contribution in [-0.4, -0.2) is 36.4 Å². The Labute approximate surface area is 111 Å². The summed E-state index contributed by atoms with van der Waals surface area (Å²) in [5.74, 6) is 2.26. The van der Waals surface area contributed by atoms with Gasteiger partial charge in [0, 0.05) is 31.4 Å². The molecule has 1 aromatic heterocycles. The summed E-state index contributed by atoms with van der Waals surface area (Å²) in [7, 11) is 0. The van der Waals surface area contributed by atoms with Gasteiger partial charge < -0.3 is 10.2 Å². The summed E-state index contributed by atoms with van der Waals surface area (Å²) in [6.45, 7) is 5.15. The fourth-order valence-corrected chi connectivity index (χ4v) is 3.77. The Morgan fingerprint density at radius 2 is 2.47 bits per heavy atom. The van der Waals surface area contributed by atoms with Crippen LogP contribution in [0.25, 0.3) is 0 Å². The Morgan fingerprint density at radius 1 is 1.59 bits per heavy atom. The second-order valence-corrected chi connectivity index (χ2v) is 6.10. The van der Waals surface area contributed by atoms with Gasteiger partial charge in [-0.15, -0.1) is 11.8 Å². The summed E-state index contributed by atoms with van der Waals surface area (Å²) < 4.78 is 0. The summed E-state index contributed by atoms with van der Waals surface area (Å²) >= 11 is 8.08. The highest BCUT2D eigenvalue weighted by Gasteiger charge is 2.28. The Morgan fingerprint density at radius 3 is 3.35 bits per heavy atom. The molecule has 0 bridgehead atoms. The van der Waals surface area contributed by atoms with Crippen LogP contribution in [-0.2, 0) is 0 Å². The lowest BCUT2D eigenvalue weighted by Gasteiger charge is -2.36. The summed E-state index contributed by atoms with van der Waals surface area (Å²) in [5, 5.41) is 4.10. The smallest absolute Gasteiger partial charge is 0.144 e. The highest BCUT2D eigenvalue weighted by atomic mass is 35.5. The zero-order valence-electron chi connectivity index (χ0n) is 9.87. The Balaban J connectivity index is 2.05. The zero-order valence-corrected chi connectivity index (χ0v) is 11.4. The first-order valence-corrected chi connectivity index (χ1v) is 7.39. The molecule has 0 spiro atoms. The number of nitrogens with one attached hydrogen (secondary N) is 1. The summed E-state index contributed by atoms with van der Waals surface area (Å²) in [6, 6.07) is 2.75. The maximum Gasteiger partial charge on any atom is 0.144 e. The fraction of sp³-hybridized carbons (Fsp3) is 0.583. The topological polar surface area (TPSA) is 28.2 Å². The van der Waals surface area contributed by atoms with Crippen LogP contribution in [0.2, 0.25) is 5.15 Å². The van der Waals surface area contributed by atoms with Gasteiger partial charge in [0.15, 0.2) is 0 Å². The number of rotatable bonds is 0. The number of hydrogen-bond acceptors (Lipinski definition) is 4. The number of aromatic nitrogens is 1. The predicted molar refractivity (Wildman–Crippen MR) is 73.3 cm³/mol. The van der Waals surface area contributed by atoms with Gasteiger partial charge in [-0.05, 0) is 25.0 Å².